The fourth-order valence-corrected chi connectivity index (χ4v) is 12.3. The van der Waals surface area contributed by atoms with Crippen LogP contribution in [0, 0.1) is 0 Å². The molecule has 0 saturated heterocycles. The van der Waals surface area contributed by atoms with Gasteiger partial charge in [0.1, 0.15) is 0 Å². The lowest BCUT2D eigenvalue weighted by molar-refractivity contribution is 0.451. The van der Waals surface area contributed by atoms with Crippen LogP contribution >= 0.6 is 11.3 Å². The molecule has 2 atom stereocenters. The summed E-state index contributed by atoms with van der Waals surface area (Å²) in [5.41, 5.74) is 19.2. The maximum absolute atomic E-state index is 2.64. The Bertz CT molecular complexity index is 3260. The molecule has 2 aromatic heterocycles. The van der Waals surface area contributed by atoms with Crippen molar-refractivity contribution in [3.63, 3.8) is 0 Å². The summed E-state index contributed by atoms with van der Waals surface area (Å²) in [6, 6.07) is 74.7. The van der Waals surface area contributed by atoms with Crippen molar-refractivity contribution in [2.24, 2.45) is 0 Å². The van der Waals surface area contributed by atoms with Crippen molar-refractivity contribution in [2.45, 2.75) is 17.8 Å². The molecule has 0 fully saturated rings. The molecular weight excluding hydrogens is 721 g/mol. The summed E-state index contributed by atoms with van der Waals surface area (Å²) in [7, 11) is 0. The van der Waals surface area contributed by atoms with E-state index in [4.69, 9.17) is 0 Å². The van der Waals surface area contributed by atoms with E-state index in [1.807, 2.05) is 11.3 Å². The highest BCUT2D eigenvalue weighted by Gasteiger charge is 2.57. The first kappa shape index (κ1) is 32.2. The minimum absolute atomic E-state index is 0.156. The first-order chi connectivity index (χ1) is 28.8. The zero-order chi connectivity index (χ0) is 38.0. The molecular formula is C55H36N2S. The Labute approximate surface area is 341 Å². The van der Waals surface area contributed by atoms with E-state index in [-0.39, 0.29) is 5.92 Å². The van der Waals surface area contributed by atoms with Gasteiger partial charge in [-0.2, -0.15) is 0 Å². The third-order valence-electron chi connectivity index (χ3n) is 13.2. The van der Waals surface area contributed by atoms with Crippen LogP contribution in [0.15, 0.2) is 200 Å². The second kappa shape index (κ2) is 12.0. The lowest BCUT2D eigenvalue weighted by Gasteiger charge is -2.47. The number of para-hydroxylation sites is 3. The summed E-state index contributed by atoms with van der Waals surface area (Å²) < 4.78 is 4.01. The van der Waals surface area contributed by atoms with Gasteiger partial charge in [-0.25, -0.2) is 0 Å². The average molecular weight is 757 g/mol. The molecule has 3 aliphatic rings. The first-order valence-corrected chi connectivity index (χ1v) is 21.1. The van der Waals surface area contributed by atoms with E-state index in [0.717, 1.165) is 23.5 Å². The zero-order valence-corrected chi connectivity index (χ0v) is 32.5. The summed E-state index contributed by atoms with van der Waals surface area (Å²) in [6.45, 7) is 0. The molecule has 2 aliphatic carbocycles. The standard InChI is InChI=1S/C55H36N2S/c1-3-15-35(16-4-1)36-27-29-38(30-28-36)56(37-17-5-2-6-18-37)39-31-32-41-40-19-7-10-22-45(40)55(47(41)33-39)46-23-11-13-25-50(46)57-49-24-12-8-21-43(49)52-53(57)48(55)34-44-42-20-9-14-26-51(42)58-54(44)52/h1-33,48H,34H2. The van der Waals surface area contributed by atoms with Crippen LogP contribution in [-0.4, -0.2) is 4.57 Å². The Balaban J connectivity index is 1.10. The molecule has 10 aromatic rings. The van der Waals surface area contributed by atoms with E-state index in [1.165, 1.54) is 87.3 Å². The van der Waals surface area contributed by atoms with Crippen LogP contribution in [-0.2, 0) is 11.8 Å². The Morgan fingerprint density at radius 3 is 1.97 bits per heavy atom. The molecule has 0 bridgehead atoms. The van der Waals surface area contributed by atoms with Gasteiger partial charge in [-0.1, -0.05) is 146 Å². The maximum atomic E-state index is 2.64. The summed E-state index contributed by atoms with van der Waals surface area (Å²) in [5, 5.41) is 2.74. The Morgan fingerprint density at radius 1 is 0.500 bits per heavy atom. The molecule has 0 saturated carbocycles. The monoisotopic (exact) mass is 756 g/mol. The van der Waals surface area contributed by atoms with Crippen LogP contribution in [0.4, 0.5) is 17.1 Å². The van der Waals surface area contributed by atoms with Crippen molar-refractivity contribution in [1.82, 2.24) is 4.57 Å². The fraction of sp³-hybridized carbons (Fsp3) is 0.0545. The Morgan fingerprint density at radius 2 is 1.12 bits per heavy atom. The Hall–Kier alpha value is -6.94. The van der Waals surface area contributed by atoms with Gasteiger partial charge in [0.15, 0.2) is 0 Å². The number of benzene rings is 8. The molecule has 0 N–H and O–H groups in total. The number of hydrogen-bond donors (Lipinski definition) is 0. The lowest BCUT2D eigenvalue weighted by atomic mass is 9.58. The predicted octanol–water partition coefficient (Wildman–Crippen LogP) is 14.6. The van der Waals surface area contributed by atoms with E-state index in [2.05, 4.69) is 210 Å². The molecule has 0 radical (unpaired) electrons. The normalized spacial score (nSPS) is 16.8. The highest BCUT2D eigenvalue weighted by Crippen LogP contribution is 2.67. The molecule has 3 heteroatoms. The van der Waals surface area contributed by atoms with Gasteiger partial charge >= 0.3 is 0 Å². The number of hydrogen-bond acceptors (Lipinski definition) is 2. The maximum Gasteiger partial charge on any atom is 0.0571 e. The summed E-state index contributed by atoms with van der Waals surface area (Å²) >= 11 is 1.97. The van der Waals surface area contributed by atoms with Crippen molar-refractivity contribution >= 4 is 49.4 Å². The van der Waals surface area contributed by atoms with E-state index >= 15 is 0 Å². The number of anilines is 3. The van der Waals surface area contributed by atoms with Gasteiger partial charge in [0.05, 0.1) is 16.6 Å². The fourth-order valence-electron chi connectivity index (χ4n) is 11.0. The SMILES string of the molecule is c1ccc(-c2ccc(N(c3ccccc3)c3ccc4c(c3)C3(c5ccccc5-4)c4ccccc4-n4c5c(c6ccccc64)-c4sc6ccccc6c4CC53)cc2)cc1. The van der Waals surface area contributed by atoms with Crippen LogP contribution in [0.1, 0.15) is 33.9 Å². The average Bonchev–Trinajstić information content (AvgIpc) is 3.94. The first-order valence-electron chi connectivity index (χ1n) is 20.3. The minimum atomic E-state index is -0.433. The van der Waals surface area contributed by atoms with Gasteiger partial charge in [0.25, 0.3) is 0 Å². The zero-order valence-electron chi connectivity index (χ0n) is 31.6. The highest BCUT2D eigenvalue weighted by atomic mass is 32.1. The van der Waals surface area contributed by atoms with Gasteiger partial charge in [-0.15, -0.1) is 11.3 Å². The Kier molecular flexibility index (Phi) is 6.68. The van der Waals surface area contributed by atoms with Crippen LogP contribution in [0.5, 0.6) is 0 Å². The number of fused-ring (bicyclic) bond motifs is 16. The third kappa shape index (κ3) is 4.21. The lowest BCUT2D eigenvalue weighted by Crippen LogP contribution is -2.42. The molecule has 1 aliphatic heterocycles. The van der Waals surface area contributed by atoms with Gasteiger partial charge in [0, 0.05) is 49.2 Å². The van der Waals surface area contributed by atoms with Gasteiger partial charge in [-0.3, -0.25) is 0 Å². The van der Waals surface area contributed by atoms with Gasteiger partial charge in [-0.05, 0) is 111 Å². The van der Waals surface area contributed by atoms with Crippen LogP contribution in [0.2, 0.25) is 0 Å². The van der Waals surface area contributed by atoms with E-state index in [0.29, 0.717) is 0 Å². The number of thiophene rings is 1. The van der Waals surface area contributed by atoms with Crippen LogP contribution < -0.4 is 4.90 Å². The number of nitrogens with zero attached hydrogens (tertiary/aromatic N) is 2. The number of rotatable bonds is 4. The second-order valence-corrected chi connectivity index (χ2v) is 17.0. The molecule has 13 rings (SSSR count). The molecule has 272 valence electrons. The van der Waals surface area contributed by atoms with Crippen molar-refractivity contribution in [1.29, 1.82) is 0 Å². The molecule has 8 aromatic carbocycles. The van der Waals surface area contributed by atoms with E-state index in [9.17, 15) is 0 Å². The topological polar surface area (TPSA) is 8.17 Å². The molecule has 58 heavy (non-hydrogen) atoms. The quantitative estimate of drug-likeness (QED) is 0.174. The molecule has 2 nitrogen and oxygen atoms in total. The largest absolute Gasteiger partial charge is 0.312 e. The van der Waals surface area contributed by atoms with E-state index < -0.39 is 5.41 Å². The number of aromatic nitrogens is 1. The molecule has 2 unspecified atom stereocenters. The van der Waals surface area contributed by atoms with Crippen molar-refractivity contribution in [3.8, 4) is 38.4 Å². The minimum Gasteiger partial charge on any atom is -0.312 e. The van der Waals surface area contributed by atoms with Crippen molar-refractivity contribution in [3.05, 3.63) is 228 Å². The van der Waals surface area contributed by atoms with Gasteiger partial charge in [0.2, 0.25) is 0 Å². The predicted molar refractivity (Wildman–Crippen MR) is 242 cm³/mol. The van der Waals surface area contributed by atoms with Crippen LogP contribution in [0.25, 0.3) is 59.4 Å². The summed E-state index contributed by atoms with van der Waals surface area (Å²) in [5.74, 6) is 0.156. The molecule has 3 heterocycles. The van der Waals surface area contributed by atoms with Crippen LogP contribution in [0.3, 0.4) is 0 Å². The highest BCUT2D eigenvalue weighted by molar-refractivity contribution is 7.22. The smallest absolute Gasteiger partial charge is 0.0571 e. The second-order valence-electron chi connectivity index (χ2n) is 16.0. The van der Waals surface area contributed by atoms with Gasteiger partial charge < -0.3 is 9.47 Å². The summed E-state index contributed by atoms with van der Waals surface area (Å²) in [6.07, 6.45) is 0.957. The van der Waals surface area contributed by atoms with Crippen molar-refractivity contribution < 1.29 is 0 Å². The molecule has 0 amide bonds. The van der Waals surface area contributed by atoms with E-state index in [1.54, 1.807) is 0 Å². The summed E-state index contributed by atoms with van der Waals surface area (Å²) in [4.78, 5) is 3.88. The third-order valence-corrected chi connectivity index (χ3v) is 14.5. The molecule has 1 spiro atoms. The van der Waals surface area contributed by atoms with Crippen molar-refractivity contribution in [2.75, 3.05) is 4.90 Å².